The number of nitrogens with one attached hydrogen (secondary N) is 1. The zero-order chi connectivity index (χ0) is 16.9. The Bertz CT molecular complexity index is 553. The van der Waals surface area contributed by atoms with Crippen molar-refractivity contribution in [3.63, 3.8) is 0 Å². The number of hydrogen-bond acceptors (Lipinski definition) is 4. The summed E-state index contributed by atoms with van der Waals surface area (Å²) in [5.74, 6) is -0.0856. The van der Waals surface area contributed by atoms with Crippen molar-refractivity contribution in [2.75, 3.05) is 32.8 Å². The van der Waals surface area contributed by atoms with Crippen molar-refractivity contribution in [3.05, 3.63) is 35.4 Å². The molecule has 1 heterocycles. The Hall–Kier alpha value is -1.72. The third-order valence-corrected chi connectivity index (χ3v) is 3.99. The van der Waals surface area contributed by atoms with E-state index in [-0.39, 0.29) is 11.3 Å². The highest BCUT2D eigenvalue weighted by molar-refractivity contribution is 5.99. The van der Waals surface area contributed by atoms with Gasteiger partial charge in [0.2, 0.25) is 0 Å². The number of nitrogens with zero attached hydrogens (tertiary/aromatic N) is 2. The van der Waals surface area contributed by atoms with Gasteiger partial charge < -0.3 is 4.74 Å². The van der Waals surface area contributed by atoms with E-state index >= 15 is 0 Å². The molecule has 2 rings (SSSR count). The average Bonchev–Trinajstić information content (AvgIpc) is 2.53. The minimum atomic E-state index is -0.0856. The number of benzene rings is 1. The lowest BCUT2D eigenvalue weighted by Crippen LogP contribution is -2.42. The first kappa shape index (κ1) is 17.6. The van der Waals surface area contributed by atoms with Crippen LogP contribution in [0.25, 0.3) is 0 Å². The van der Waals surface area contributed by atoms with E-state index < -0.39 is 0 Å². The molecule has 1 aromatic carbocycles. The topological polar surface area (TPSA) is 53.9 Å². The third-order valence-electron chi connectivity index (χ3n) is 3.99. The fraction of sp³-hybridized carbons (Fsp3) is 0.556. The summed E-state index contributed by atoms with van der Waals surface area (Å²) < 4.78 is 5.27. The Morgan fingerprint density at radius 1 is 1.22 bits per heavy atom. The lowest BCUT2D eigenvalue weighted by atomic mass is 9.86. The van der Waals surface area contributed by atoms with Crippen LogP contribution in [0.4, 0.5) is 0 Å². The van der Waals surface area contributed by atoms with Gasteiger partial charge in [-0.25, -0.2) is 5.43 Å². The summed E-state index contributed by atoms with van der Waals surface area (Å²) in [6.45, 7) is 11.8. The van der Waals surface area contributed by atoms with E-state index in [1.165, 1.54) is 5.56 Å². The molecule has 0 aromatic heterocycles. The highest BCUT2D eigenvalue weighted by atomic mass is 16.5. The second kappa shape index (κ2) is 7.70. The van der Waals surface area contributed by atoms with E-state index in [9.17, 15) is 4.79 Å². The number of carbonyl (C=O) groups excluding carboxylic acids is 1. The number of morpholine rings is 1. The summed E-state index contributed by atoms with van der Waals surface area (Å²) in [6, 6.07) is 8.33. The van der Waals surface area contributed by atoms with Crippen LogP contribution in [-0.2, 0) is 14.9 Å². The molecule has 1 N–H and O–H groups in total. The second-order valence-electron chi connectivity index (χ2n) is 6.95. The van der Waals surface area contributed by atoms with Crippen molar-refractivity contribution >= 4 is 11.6 Å². The predicted octanol–water partition coefficient (Wildman–Crippen LogP) is 2.16. The number of carbonyl (C=O) groups is 1. The van der Waals surface area contributed by atoms with Gasteiger partial charge in [0.15, 0.2) is 0 Å². The zero-order valence-electron chi connectivity index (χ0n) is 14.6. The summed E-state index contributed by atoms with van der Waals surface area (Å²) >= 11 is 0. The van der Waals surface area contributed by atoms with Crippen molar-refractivity contribution in [2.45, 2.75) is 33.1 Å². The van der Waals surface area contributed by atoms with Gasteiger partial charge in [0.05, 0.1) is 25.5 Å². The molecule has 0 spiro atoms. The maximum absolute atomic E-state index is 11.9. The highest BCUT2D eigenvalue weighted by Gasteiger charge is 2.14. The molecule has 0 unspecified atom stereocenters. The molecule has 126 valence electrons. The maximum Gasteiger partial charge on any atom is 0.254 e. The summed E-state index contributed by atoms with van der Waals surface area (Å²) in [4.78, 5) is 14.0. The van der Waals surface area contributed by atoms with Crippen LogP contribution in [0.2, 0.25) is 0 Å². The molecule has 1 aliphatic heterocycles. The number of hydrazone groups is 1. The number of ether oxygens (including phenoxy) is 1. The molecule has 5 heteroatoms. The van der Waals surface area contributed by atoms with Crippen LogP contribution >= 0.6 is 0 Å². The molecule has 0 atom stereocenters. The standard InChI is InChI=1S/C18H27N3O2/c1-14(15-5-7-16(8-6-15)18(2,3)4)19-20-17(22)13-21-9-11-23-12-10-21/h5-8H,9-13H2,1-4H3,(H,20,22)/b19-14+. The fourth-order valence-corrected chi connectivity index (χ4v) is 2.42. The van der Waals surface area contributed by atoms with Crippen LogP contribution in [0.15, 0.2) is 29.4 Å². The first-order chi connectivity index (χ1) is 10.9. The van der Waals surface area contributed by atoms with Crippen molar-refractivity contribution in [1.29, 1.82) is 0 Å². The first-order valence-electron chi connectivity index (χ1n) is 8.10. The SMILES string of the molecule is C/C(=N\NC(=O)CN1CCOCC1)c1ccc(C(C)(C)C)cc1. The Morgan fingerprint density at radius 2 is 1.83 bits per heavy atom. The smallest absolute Gasteiger partial charge is 0.254 e. The third kappa shape index (κ3) is 5.44. The zero-order valence-corrected chi connectivity index (χ0v) is 14.6. The van der Waals surface area contributed by atoms with E-state index in [1.807, 2.05) is 19.1 Å². The maximum atomic E-state index is 11.9. The lowest BCUT2D eigenvalue weighted by Gasteiger charge is -2.25. The van der Waals surface area contributed by atoms with E-state index in [2.05, 4.69) is 48.3 Å². The van der Waals surface area contributed by atoms with Crippen LogP contribution in [-0.4, -0.2) is 49.4 Å². The summed E-state index contributed by atoms with van der Waals surface area (Å²) in [7, 11) is 0. The van der Waals surface area contributed by atoms with E-state index in [0.717, 1.165) is 24.4 Å². The van der Waals surface area contributed by atoms with Crippen LogP contribution < -0.4 is 5.43 Å². The Balaban J connectivity index is 1.90. The number of rotatable bonds is 4. The fourth-order valence-electron chi connectivity index (χ4n) is 2.42. The van der Waals surface area contributed by atoms with Crippen molar-refractivity contribution < 1.29 is 9.53 Å². The quantitative estimate of drug-likeness (QED) is 0.684. The van der Waals surface area contributed by atoms with Gasteiger partial charge in [0.25, 0.3) is 5.91 Å². The molecular weight excluding hydrogens is 290 g/mol. The normalized spacial score (nSPS) is 17.1. The van der Waals surface area contributed by atoms with E-state index in [4.69, 9.17) is 4.74 Å². The highest BCUT2D eigenvalue weighted by Crippen LogP contribution is 2.22. The van der Waals surface area contributed by atoms with Gasteiger partial charge in [-0.15, -0.1) is 0 Å². The molecular formula is C18H27N3O2. The molecule has 23 heavy (non-hydrogen) atoms. The van der Waals surface area contributed by atoms with Gasteiger partial charge in [-0.3, -0.25) is 9.69 Å². The van der Waals surface area contributed by atoms with E-state index in [1.54, 1.807) is 0 Å². The number of amides is 1. The molecule has 0 saturated carbocycles. The first-order valence-corrected chi connectivity index (χ1v) is 8.10. The Morgan fingerprint density at radius 3 is 2.39 bits per heavy atom. The van der Waals surface area contributed by atoms with Gasteiger partial charge in [-0.1, -0.05) is 45.0 Å². The molecule has 1 saturated heterocycles. The van der Waals surface area contributed by atoms with Crippen LogP contribution in [0, 0.1) is 0 Å². The molecule has 1 amide bonds. The summed E-state index contributed by atoms with van der Waals surface area (Å²) in [6.07, 6.45) is 0. The minimum Gasteiger partial charge on any atom is -0.379 e. The summed E-state index contributed by atoms with van der Waals surface area (Å²) in [5, 5.41) is 4.21. The second-order valence-corrected chi connectivity index (χ2v) is 6.95. The van der Waals surface area contributed by atoms with Crippen molar-refractivity contribution in [3.8, 4) is 0 Å². The predicted molar refractivity (Wildman–Crippen MR) is 92.8 cm³/mol. The van der Waals surface area contributed by atoms with Crippen LogP contribution in [0.3, 0.4) is 0 Å². The van der Waals surface area contributed by atoms with Gasteiger partial charge in [0.1, 0.15) is 0 Å². The van der Waals surface area contributed by atoms with Crippen molar-refractivity contribution in [1.82, 2.24) is 10.3 Å². The van der Waals surface area contributed by atoms with Gasteiger partial charge in [-0.05, 0) is 23.5 Å². The molecule has 1 aliphatic rings. The molecule has 5 nitrogen and oxygen atoms in total. The molecule has 0 bridgehead atoms. The lowest BCUT2D eigenvalue weighted by molar-refractivity contribution is -0.123. The molecule has 1 aromatic rings. The summed E-state index contributed by atoms with van der Waals surface area (Å²) in [5.41, 5.74) is 5.88. The van der Waals surface area contributed by atoms with Crippen molar-refractivity contribution in [2.24, 2.45) is 5.10 Å². The molecule has 1 fully saturated rings. The van der Waals surface area contributed by atoms with Gasteiger partial charge in [0, 0.05) is 13.1 Å². The van der Waals surface area contributed by atoms with Crippen LogP contribution in [0.5, 0.6) is 0 Å². The van der Waals surface area contributed by atoms with Crippen LogP contribution in [0.1, 0.15) is 38.8 Å². The van der Waals surface area contributed by atoms with Gasteiger partial charge in [-0.2, -0.15) is 5.10 Å². The Labute approximate surface area is 138 Å². The molecule has 0 aliphatic carbocycles. The van der Waals surface area contributed by atoms with Gasteiger partial charge >= 0.3 is 0 Å². The largest absolute Gasteiger partial charge is 0.379 e. The minimum absolute atomic E-state index is 0.0856. The van der Waals surface area contributed by atoms with E-state index in [0.29, 0.717) is 19.8 Å². The monoisotopic (exact) mass is 317 g/mol. The Kier molecular flexibility index (Phi) is 5.91. The number of hydrogen-bond donors (Lipinski definition) is 1. The molecule has 0 radical (unpaired) electrons. The average molecular weight is 317 g/mol.